The van der Waals surface area contributed by atoms with Crippen molar-refractivity contribution in [3.05, 3.63) is 35.9 Å². The molecule has 2 rings (SSSR count). The molecule has 0 spiro atoms. The number of nitrogens with zero attached hydrogens (tertiary/aromatic N) is 2. The fourth-order valence-corrected chi connectivity index (χ4v) is 3.07. The number of likely N-dealkylation sites (tertiary alicyclic amines) is 1. The lowest BCUT2D eigenvalue weighted by Gasteiger charge is -2.34. The highest BCUT2D eigenvalue weighted by Crippen LogP contribution is 2.18. The minimum Gasteiger partial charge on any atom is -0.466 e. The first-order valence-electron chi connectivity index (χ1n) is 9.68. The van der Waals surface area contributed by atoms with Crippen LogP contribution in [0.1, 0.15) is 37.0 Å². The Kier molecular flexibility index (Phi) is 11.5. The average molecular weight is 502 g/mol. The first kappa shape index (κ1) is 24.2. The van der Waals surface area contributed by atoms with Crippen molar-refractivity contribution < 1.29 is 14.3 Å². The van der Waals surface area contributed by atoms with Gasteiger partial charge in [0.25, 0.3) is 5.91 Å². The third kappa shape index (κ3) is 7.65. The lowest BCUT2D eigenvalue weighted by molar-refractivity contribution is -0.149. The fraction of sp³-hybridized carbons (Fsp3) is 0.550. The van der Waals surface area contributed by atoms with Gasteiger partial charge in [-0.3, -0.25) is 14.6 Å². The topological polar surface area (TPSA) is 83.0 Å². The first-order chi connectivity index (χ1) is 13.2. The Morgan fingerprint density at radius 3 is 2.64 bits per heavy atom. The van der Waals surface area contributed by atoms with E-state index in [2.05, 4.69) is 20.5 Å². The van der Waals surface area contributed by atoms with Gasteiger partial charge in [-0.15, -0.1) is 24.0 Å². The molecule has 1 amide bonds. The Hall–Kier alpha value is -1.84. The van der Waals surface area contributed by atoms with Gasteiger partial charge in [0.15, 0.2) is 5.96 Å². The van der Waals surface area contributed by atoms with E-state index in [1.807, 2.05) is 32.0 Å². The van der Waals surface area contributed by atoms with Crippen molar-refractivity contribution in [2.75, 3.05) is 39.3 Å². The highest BCUT2D eigenvalue weighted by molar-refractivity contribution is 14.0. The van der Waals surface area contributed by atoms with Crippen LogP contribution in [0.2, 0.25) is 0 Å². The number of hydrogen-bond donors (Lipinski definition) is 2. The lowest BCUT2D eigenvalue weighted by Crippen LogP contribution is -2.48. The van der Waals surface area contributed by atoms with Crippen molar-refractivity contribution in [2.24, 2.45) is 10.9 Å². The molecule has 0 aromatic heterocycles. The van der Waals surface area contributed by atoms with E-state index in [0.717, 1.165) is 31.9 Å². The Labute approximate surface area is 184 Å². The van der Waals surface area contributed by atoms with E-state index in [9.17, 15) is 9.59 Å². The summed E-state index contributed by atoms with van der Waals surface area (Å²) in [7, 11) is 0. The lowest BCUT2D eigenvalue weighted by atomic mass is 9.98. The molecule has 8 heteroatoms. The second-order valence-electron chi connectivity index (χ2n) is 6.39. The monoisotopic (exact) mass is 502 g/mol. The second-order valence-corrected chi connectivity index (χ2v) is 6.39. The van der Waals surface area contributed by atoms with Crippen LogP contribution in [-0.4, -0.2) is 62.1 Å². The van der Waals surface area contributed by atoms with Gasteiger partial charge in [-0.05, 0) is 38.8 Å². The van der Waals surface area contributed by atoms with E-state index in [-0.39, 0.29) is 41.8 Å². The molecule has 1 aromatic carbocycles. The maximum atomic E-state index is 12.1. The smallest absolute Gasteiger partial charge is 0.310 e. The van der Waals surface area contributed by atoms with Crippen molar-refractivity contribution in [3.63, 3.8) is 0 Å². The molecule has 1 saturated heterocycles. The Bertz CT molecular complexity index is 640. The molecule has 0 aliphatic carbocycles. The van der Waals surface area contributed by atoms with Gasteiger partial charge >= 0.3 is 5.97 Å². The summed E-state index contributed by atoms with van der Waals surface area (Å²) in [6, 6.07) is 9.13. The number of nitrogens with one attached hydrogen (secondary N) is 2. The third-order valence-electron chi connectivity index (χ3n) is 4.37. The molecule has 28 heavy (non-hydrogen) atoms. The molecule has 1 atom stereocenters. The number of rotatable bonds is 7. The van der Waals surface area contributed by atoms with Crippen molar-refractivity contribution in [2.45, 2.75) is 26.7 Å². The van der Waals surface area contributed by atoms with E-state index in [1.54, 1.807) is 12.1 Å². The molecule has 7 nitrogen and oxygen atoms in total. The number of carbonyl (C=O) groups excluding carboxylic acids is 2. The SMILES string of the molecule is CCNC(=NCCNC(=O)c1ccccc1)N1CCCC(C(=O)OCC)C1.I. The van der Waals surface area contributed by atoms with Crippen LogP contribution in [0.5, 0.6) is 0 Å². The molecule has 0 radical (unpaired) electrons. The molecule has 1 heterocycles. The predicted molar refractivity (Wildman–Crippen MR) is 121 cm³/mol. The number of guanidine groups is 1. The fourth-order valence-electron chi connectivity index (χ4n) is 3.07. The van der Waals surface area contributed by atoms with Gasteiger partial charge in [0.2, 0.25) is 0 Å². The number of esters is 1. The highest BCUT2D eigenvalue weighted by atomic mass is 127. The van der Waals surface area contributed by atoms with Crippen LogP contribution in [0.4, 0.5) is 0 Å². The van der Waals surface area contributed by atoms with Gasteiger partial charge in [0.1, 0.15) is 0 Å². The highest BCUT2D eigenvalue weighted by Gasteiger charge is 2.28. The molecule has 0 bridgehead atoms. The normalized spacial score (nSPS) is 16.7. The van der Waals surface area contributed by atoms with Crippen LogP contribution >= 0.6 is 24.0 Å². The molecule has 156 valence electrons. The van der Waals surface area contributed by atoms with Crippen LogP contribution in [0.15, 0.2) is 35.3 Å². The zero-order chi connectivity index (χ0) is 19.5. The first-order valence-corrected chi connectivity index (χ1v) is 9.68. The van der Waals surface area contributed by atoms with E-state index in [1.165, 1.54) is 0 Å². The number of amides is 1. The molecule has 1 aliphatic heterocycles. The predicted octanol–water partition coefficient (Wildman–Crippen LogP) is 2.27. The van der Waals surface area contributed by atoms with Gasteiger partial charge in [0, 0.05) is 31.7 Å². The average Bonchev–Trinajstić information content (AvgIpc) is 2.71. The Morgan fingerprint density at radius 1 is 1.21 bits per heavy atom. The minimum atomic E-state index is -0.131. The Balaban J connectivity index is 0.00000392. The second kappa shape index (κ2) is 13.4. The molecular formula is C20H31IN4O3. The number of piperidine rings is 1. The maximum Gasteiger partial charge on any atom is 0.310 e. The van der Waals surface area contributed by atoms with Gasteiger partial charge < -0.3 is 20.3 Å². The number of benzene rings is 1. The van der Waals surface area contributed by atoms with Crippen LogP contribution in [0.3, 0.4) is 0 Å². The molecule has 2 N–H and O–H groups in total. The summed E-state index contributed by atoms with van der Waals surface area (Å²) in [5.41, 5.74) is 0.640. The number of carbonyl (C=O) groups is 2. The number of hydrogen-bond acceptors (Lipinski definition) is 4. The van der Waals surface area contributed by atoms with Crippen molar-refractivity contribution in [3.8, 4) is 0 Å². The summed E-state index contributed by atoms with van der Waals surface area (Å²) in [5, 5.41) is 6.15. The van der Waals surface area contributed by atoms with Crippen molar-refractivity contribution >= 4 is 41.8 Å². The van der Waals surface area contributed by atoms with Crippen LogP contribution in [-0.2, 0) is 9.53 Å². The molecular weight excluding hydrogens is 471 g/mol. The van der Waals surface area contributed by atoms with Crippen LogP contribution in [0.25, 0.3) is 0 Å². The molecule has 1 aromatic rings. The van der Waals surface area contributed by atoms with E-state index in [0.29, 0.717) is 31.8 Å². The van der Waals surface area contributed by atoms with Crippen LogP contribution < -0.4 is 10.6 Å². The summed E-state index contributed by atoms with van der Waals surface area (Å²) in [6.07, 6.45) is 1.78. The molecule has 1 aliphatic rings. The Morgan fingerprint density at radius 2 is 1.96 bits per heavy atom. The van der Waals surface area contributed by atoms with E-state index >= 15 is 0 Å². The van der Waals surface area contributed by atoms with Gasteiger partial charge in [-0.25, -0.2) is 0 Å². The number of aliphatic imine (C=N–C) groups is 1. The van der Waals surface area contributed by atoms with Gasteiger partial charge in [0.05, 0.1) is 19.1 Å². The summed E-state index contributed by atoms with van der Waals surface area (Å²) in [4.78, 5) is 30.8. The van der Waals surface area contributed by atoms with Crippen molar-refractivity contribution in [1.29, 1.82) is 0 Å². The summed E-state index contributed by atoms with van der Waals surface area (Å²) < 4.78 is 5.16. The standard InChI is InChI=1S/C20H30N4O3.HI/c1-3-21-20(24-14-8-11-17(15-24)19(26)27-4-2)23-13-12-22-18(25)16-9-6-5-7-10-16;/h5-7,9-10,17H,3-4,8,11-15H2,1-2H3,(H,21,23)(H,22,25);1H. The molecule has 0 saturated carbocycles. The zero-order valence-corrected chi connectivity index (χ0v) is 19.0. The summed E-state index contributed by atoms with van der Waals surface area (Å²) in [6.45, 7) is 7.39. The summed E-state index contributed by atoms with van der Waals surface area (Å²) in [5.74, 6) is 0.435. The van der Waals surface area contributed by atoms with Gasteiger partial charge in [-0.1, -0.05) is 18.2 Å². The quantitative estimate of drug-likeness (QED) is 0.197. The number of ether oxygens (including phenoxy) is 1. The largest absolute Gasteiger partial charge is 0.466 e. The third-order valence-corrected chi connectivity index (χ3v) is 4.37. The molecule has 1 unspecified atom stereocenters. The van der Waals surface area contributed by atoms with Crippen LogP contribution in [0, 0.1) is 5.92 Å². The van der Waals surface area contributed by atoms with E-state index < -0.39 is 0 Å². The van der Waals surface area contributed by atoms with Crippen molar-refractivity contribution in [1.82, 2.24) is 15.5 Å². The van der Waals surface area contributed by atoms with E-state index in [4.69, 9.17) is 4.74 Å². The zero-order valence-electron chi connectivity index (χ0n) is 16.6. The molecule has 1 fully saturated rings. The van der Waals surface area contributed by atoms with Gasteiger partial charge in [-0.2, -0.15) is 0 Å². The summed E-state index contributed by atoms with van der Waals surface area (Å²) >= 11 is 0. The minimum absolute atomic E-state index is 0. The number of halogens is 1. The maximum absolute atomic E-state index is 12.1.